The largest absolute Gasteiger partial charge is 0.379 e. The van der Waals surface area contributed by atoms with E-state index in [9.17, 15) is 0 Å². The molecule has 0 radical (unpaired) electrons. The molecule has 0 bridgehead atoms. The van der Waals surface area contributed by atoms with Crippen molar-refractivity contribution in [2.24, 2.45) is 0 Å². The summed E-state index contributed by atoms with van der Waals surface area (Å²) >= 11 is 0. The van der Waals surface area contributed by atoms with Gasteiger partial charge in [0.2, 0.25) is 0 Å². The van der Waals surface area contributed by atoms with Crippen molar-refractivity contribution in [3.05, 3.63) is 11.9 Å². The van der Waals surface area contributed by atoms with Crippen molar-refractivity contribution in [3.8, 4) is 0 Å². The number of nitrogens with zero attached hydrogens (tertiary/aromatic N) is 3. The van der Waals surface area contributed by atoms with Gasteiger partial charge in [0.15, 0.2) is 0 Å². The molecule has 0 saturated carbocycles. The molecule has 0 N–H and O–H groups in total. The van der Waals surface area contributed by atoms with E-state index in [1.807, 2.05) is 4.68 Å². The Balaban J connectivity index is 2.12. The monoisotopic (exact) mass is 239 g/mol. The Hall–Kier alpha value is -0.900. The summed E-state index contributed by atoms with van der Waals surface area (Å²) in [6.07, 6.45) is 8.00. The predicted octanol–water partition coefficient (Wildman–Crippen LogP) is 2.83. The van der Waals surface area contributed by atoms with Gasteiger partial charge in [0.05, 0.1) is 11.8 Å². The summed E-state index contributed by atoms with van der Waals surface area (Å²) in [5.74, 6) is 0. The van der Waals surface area contributed by atoms with E-state index in [4.69, 9.17) is 4.74 Å². The Morgan fingerprint density at radius 2 is 2.12 bits per heavy atom. The van der Waals surface area contributed by atoms with Crippen LogP contribution in [0.1, 0.15) is 52.1 Å². The molecule has 0 aromatic carbocycles. The van der Waals surface area contributed by atoms with Crippen LogP contribution in [-0.4, -0.2) is 27.7 Å². The number of hydrogen-bond donors (Lipinski definition) is 0. The summed E-state index contributed by atoms with van der Waals surface area (Å²) < 4.78 is 7.44. The number of aromatic nitrogens is 3. The third-order valence-corrected chi connectivity index (χ3v) is 2.61. The normalized spacial score (nSPS) is 11.3. The fraction of sp³-hybridized carbons (Fsp3) is 0.846. The fourth-order valence-electron chi connectivity index (χ4n) is 1.61. The summed E-state index contributed by atoms with van der Waals surface area (Å²) in [6.45, 7) is 8.16. The Morgan fingerprint density at radius 3 is 2.82 bits per heavy atom. The van der Waals surface area contributed by atoms with Gasteiger partial charge in [-0.05, 0) is 39.5 Å². The first-order chi connectivity index (χ1) is 8.22. The van der Waals surface area contributed by atoms with E-state index in [0.29, 0.717) is 6.10 Å². The van der Waals surface area contributed by atoms with Crippen molar-refractivity contribution in [2.45, 2.75) is 65.5 Å². The van der Waals surface area contributed by atoms with Crippen LogP contribution in [0.2, 0.25) is 0 Å². The van der Waals surface area contributed by atoms with Gasteiger partial charge in [-0.2, -0.15) is 0 Å². The van der Waals surface area contributed by atoms with Crippen LogP contribution in [0.15, 0.2) is 6.20 Å². The highest BCUT2D eigenvalue weighted by atomic mass is 16.5. The molecule has 0 aliphatic carbocycles. The van der Waals surface area contributed by atoms with Crippen molar-refractivity contribution in [2.75, 3.05) is 6.61 Å². The molecule has 0 atom stereocenters. The highest BCUT2D eigenvalue weighted by Crippen LogP contribution is 2.03. The second-order valence-corrected chi connectivity index (χ2v) is 4.70. The molecule has 1 rings (SSSR count). The molecule has 4 nitrogen and oxygen atoms in total. The quantitative estimate of drug-likeness (QED) is 0.622. The average molecular weight is 239 g/mol. The molecule has 0 aliphatic heterocycles. The molecule has 4 heteroatoms. The average Bonchev–Trinajstić information content (AvgIpc) is 2.73. The first-order valence-electron chi connectivity index (χ1n) is 6.73. The molecular weight excluding hydrogens is 214 g/mol. The standard InChI is InChI=1S/C13H25N3O/c1-4-5-9-16-11-13(14-15-16)8-6-7-10-17-12(2)3/h11-12H,4-10H2,1-3H3. The maximum Gasteiger partial charge on any atom is 0.0827 e. The van der Waals surface area contributed by atoms with Crippen LogP contribution in [0.3, 0.4) is 0 Å². The second kappa shape index (κ2) is 8.23. The molecule has 1 heterocycles. The SMILES string of the molecule is CCCCn1cc(CCCCOC(C)C)nn1. The Morgan fingerprint density at radius 1 is 1.29 bits per heavy atom. The summed E-state index contributed by atoms with van der Waals surface area (Å²) in [6, 6.07) is 0. The van der Waals surface area contributed by atoms with Crippen LogP contribution in [0.5, 0.6) is 0 Å². The summed E-state index contributed by atoms with van der Waals surface area (Å²) in [5.41, 5.74) is 1.10. The number of aryl methyl sites for hydroxylation is 2. The zero-order valence-corrected chi connectivity index (χ0v) is 11.4. The van der Waals surface area contributed by atoms with E-state index < -0.39 is 0 Å². The molecule has 0 saturated heterocycles. The van der Waals surface area contributed by atoms with Crippen molar-refractivity contribution < 1.29 is 4.74 Å². The molecule has 1 aromatic heterocycles. The van der Waals surface area contributed by atoms with Crippen molar-refractivity contribution in [1.29, 1.82) is 0 Å². The van der Waals surface area contributed by atoms with Crippen LogP contribution < -0.4 is 0 Å². The van der Waals surface area contributed by atoms with Gasteiger partial charge in [-0.1, -0.05) is 18.6 Å². The van der Waals surface area contributed by atoms with Gasteiger partial charge >= 0.3 is 0 Å². The Bertz CT molecular complexity index is 297. The number of ether oxygens (including phenoxy) is 1. The Kier molecular flexibility index (Phi) is 6.86. The summed E-state index contributed by atoms with van der Waals surface area (Å²) in [7, 11) is 0. The maximum atomic E-state index is 5.50. The minimum Gasteiger partial charge on any atom is -0.379 e. The highest BCUT2D eigenvalue weighted by molar-refractivity contribution is 4.92. The van der Waals surface area contributed by atoms with E-state index in [2.05, 4.69) is 37.3 Å². The zero-order valence-electron chi connectivity index (χ0n) is 11.4. The maximum absolute atomic E-state index is 5.50. The molecule has 0 unspecified atom stereocenters. The van der Waals surface area contributed by atoms with Gasteiger partial charge in [-0.15, -0.1) is 5.10 Å². The summed E-state index contributed by atoms with van der Waals surface area (Å²) in [4.78, 5) is 0. The van der Waals surface area contributed by atoms with Crippen LogP contribution in [0.25, 0.3) is 0 Å². The topological polar surface area (TPSA) is 39.9 Å². The third kappa shape index (κ3) is 6.41. The zero-order chi connectivity index (χ0) is 12.5. The van der Waals surface area contributed by atoms with Gasteiger partial charge in [0.1, 0.15) is 0 Å². The van der Waals surface area contributed by atoms with E-state index in [-0.39, 0.29) is 0 Å². The molecular formula is C13H25N3O. The molecule has 0 aliphatic rings. The van der Waals surface area contributed by atoms with Gasteiger partial charge in [0, 0.05) is 19.3 Å². The second-order valence-electron chi connectivity index (χ2n) is 4.70. The lowest BCUT2D eigenvalue weighted by Gasteiger charge is -2.05. The minimum atomic E-state index is 0.338. The lowest BCUT2D eigenvalue weighted by Crippen LogP contribution is -2.04. The molecule has 0 amide bonds. The first-order valence-corrected chi connectivity index (χ1v) is 6.73. The molecule has 0 spiro atoms. The van der Waals surface area contributed by atoms with Crippen LogP contribution in [0.4, 0.5) is 0 Å². The minimum absolute atomic E-state index is 0.338. The van der Waals surface area contributed by atoms with Crippen LogP contribution in [-0.2, 0) is 17.7 Å². The lowest BCUT2D eigenvalue weighted by molar-refractivity contribution is 0.0760. The van der Waals surface area contributed by atoms with Crippen molar-refractivity contribution in [3.63, 3.8) is 0 Å². The van der Waals surface area contributed by atoms with Crippen molar-refractivity contribution in [1.82, 2.24) is 15.0 Å². The highest BCUT2D eigenvalue weighted by Gasteiger charge is 2.00. The van der Waals surface area contributed by atoms with Gasteiger partial charge in [-0.3, -0.25) is 4.68 Å². The predicted molar refractivity (Wildman–Crippen MR) is 69.0 cm³/mol. The fourth-order valence-corrected chi connectivity index (χ4v) is 1.61. The van der Waals surface area contributed by atoms with Gasteiger partial charge < -0.3 is 4.74 Å². The third-order valence-electron chi connectivity index (χ3n) is 2.61. The Labute approximate surface area is 104 Å². The van der Waals surface area contributed by atoms with E-state index >= 15 is 0 Å². The lowest BCUT2D eigenvalue weighted by atomic mass is 10.2. The number of unbranched alkanes of at least 4 members (excludes halogenated alkanes) is 2. The summed E-state index contributed by atoms with van der Waals surface area (Å²) in [5, 5.41) is 8.29. The molecule has 0 fully saturated rings. The molecule has 17 heavy (non-hydrogen) atoms. The molecule has 1 aromatic rings. The first kappa shape index (κ1) is 14.2. The van der Waals surface area contributed by atoms with E-state index in [0.717, 1.165) is 38.1 Å². The van der Waals surface area contributed by atoms with E-state index in [1.165, 1.54) is 12.8 Å². The van der Waals surface area contributed by atoms with Gasteiger partial charge in [0.25, 0.3) is 0 Å². The molecule has 98 valence electrons. The van der Waals surface area contributed by atoms with E-state index in [1.54, 1.807) is 0 Å². The van der Waals surface area contributed by atoms with Gasteiger partial charge in [-0.25, -0.2) is 0 Å². The van der Waals surface area contributed by atoms with Crippen LogP contribution >= 0.6 is 0 Å². The number of hydrogen-bond acceptors (Lipinski definition) is 3. The smallest absolute Gasteiger partial charge is 0.0827 e. The number of rotatable bonds is 9. The van der Waals surface area contributed by atoms with Crippen molar-refractivity contribution >= 4 is 0 Å². The van der Waals surface area contributed by atoms with Crippen LogP contribution in [0, 0.1) is 0 Å².